The fourth-order valence-electron chi connectivity index (χ4n) is 5.13. The Balaban J connectivity index is 1.07. The van der Waals surface area contributed by atoms with E-state index in [2.05, 4.69) is 34.4 Å². The van der Waals surface area contributed by atoms with Gasteiger partial charge in [0.1, 0.15) is 12.4 Å². The monoisotopic (exact) mass is 484 g/mol. The molecule has 2 aromatic heterocycles. The molecule has 4 heterocycles. The van der Waals surface area contributed by atoms with Crippen molar-refractivity contribution in [1.82, 2.24) is 19.7 Å². The van der Waals surface area contributed by atoms with Crippen molar-refractivity contribution in [2.75, 3.05) is 19.9 Å². The molecule has 0 atom stereocenters. The van der Waals surface area contributed by atoms with Gasteiger partial charge in [0.05, 0.1) is 30.5 Å². The molecule has 6 rings (SSSR count). The van der Waals surface area contributed by atoms with E-state index in [9.17, 15) is 4.79 Å². The fraction of sp³-hybridized carbons (Fsp3) is 0.286. The molecule has 0 spiro atoms. The van der Waals surface area contributed by atoms with Gasteiger partial charge in [-0.25, -0.2) is 4.68 Å². The summed E-state index contributed by atoms with van der Waals surface area (Å²) in [6, 6.07) is 20.1. The van der Waals surface area contributed by atoms with Gasteiger partial charge in [0.25, 0.3) is 0 Å². The average Bonchev–Trinajstić information content (AvgIpc) is 3.69. The highest BCUT2D eigenvalue weighted by Crippen LogP contribution is 2.32. The Morgan fingerprint density at radius 2 is 1.78 bits per heavy atom. The summed E-state index contributed by atoms with van der Waals surface area (Å²) in [5, 5.41) is 7.84. The number of ether oxygens (including phenoxy) is 2. The smallest absolute Gasteiger partial charge is 0.231 e. The van der Waals surface area contributed by atoms with Crippen LogP contribution in [-0.4, -0.2) is 40.1 Å². The Labute approximate surface area is 210 Å². The lowest BCUT2D eigenvalue weighted by atomic mass is 9.95. The van der Waals surface area contributed by atoms with Gasteiger partial charge in [0.2, 0.25) is 12.7 Å². The van der Waals surface area contributed by atoms with Gasteiger partial charge in [0.15, 0.2) is 11.5 Å². The number of carbonyl (C=O) groups is 1. The Morgan fingerprint density at radius 3 is 2.58 bits per heavy atom. The van der Waals surface area contributed by atoms with Crippen LogP contribution in [0.5, 0.6) is 11.5 Å². The second-order valence-corrected chi connectivity index (χ2v) is 9.44. The molecular weight excluding hydrogens is 454 g/mol. The summed E-state index contributed by atoms with van der Waals surface area (Å²) in [7, 11) is 0. The SMILES string of the molecule is O=C(NCc1ccc2c(c1)OCO2)C1CC[NH+](Cc2cnn(-c3ccccc3)c2-n2cccc2)CC1. The van der Waals surface area contributed by atoms with Crippen LogP contribution in [-0.2, 0) is 17.9 Å². The number of fused-ring (bicyclic) bond motifs is 1. The Kier molecular flexibility index (Phi) is 6.17. The summed E-state index contributed by atoms with van der Waals surface area (Å²) in [4.78, 5) is 14.3. The van der Waals surface area contributed by atoms with Crippen molar-refractivity contribution >= 4 is 5.91 Å². The van der Waals surface area contributed by atoms with Gasteiger partial charge in [-0.15, -0.1) is 0 Å². The van der Waals surface area contributed by atoms with Crippen molar-refractivity contribution in [2.45, 2.75) is 25.9 Å². The van der Waals surface area contributed by atoms with Gasteiger partial charge in [-0.1, -0.05) is 24.3 Å². The van der Waals surface area contributed by atoms with Crippen molar-refractivity contribution in [1.29, 1.82) is 0 Å². The minimum absolute atomic E-state index is 0.0544. The standard InChI is InChI=1S/C28H29N5O3/c34-27(29-17-21-8-9-25-26(16-21)36-20-35-25)22-10-14-31(15-11-22)19-23-18-30-33(24-6-2-1-3-7-24)28(23)32-12-4-5-13-32/h1-9,12-13,16,18,22H,10-11,14-15,17,19-20H2,(H,29,34)/p+1. The van der Waals surface area contributed by atoms with Gasteiger partial charge >= 0.3 is 0 Å². The van der Waals surface area contributed by atoms with Crippen molar-refractivity contribution in [3.8, 4) is 23.0 Å². The van der Waals surface area contributed by atoms with Crippen molar-refractivity contribution in [3.63, 3.8) is 0 Å². The number of nitrogens with one attached hydrogen (secondary N) is 2. The Hall–Kier alpha value is -4.04. The van der Waals surface area contributed by atoms with E-state index in [1.54, 1.807) is 0 Å². The molecular formula is C28H30N5O3+. The van der Waals surface area contributed by atoms with Crippen LogP contribution in [0.25, 0.3) is 11.5 Å². The van der Waals surface area contributed by atoms with Crippen LogP contribution in [0, 0.1) is 5.92 Å². The van der Waals surface area contributed by atoms with Crippen LogP contribution in [0.1, 0.15) is 24.0 Å². The molecule has 2 aromatic carbocycles. The van der Waals surface area contributed by atoms with Gasteiger partial charge in [-0.05, 0) is 42.0 Å². The number of likely N-dealkylation sites (tertiary alicyclic amines) is 1. The molecule has 36 heavy (non-hydrogen) atoms. The summed E-state index contributed by atoms with van der Waals surface area (Å²) in [6.07, 6.45) is 7.87. The Morgan fingerprint density at radius 1 is 1.00 bits per heavy atom. The molecule has 8 heteroatoms. The van der Waals surface area contributed by atoms with E-state index >= 15 is 0 Å². The van der Waals surface area contributed by atoms with Crippen LogP contribution in [0.2, 0.25) is 0 Å². The van der Waals surface area contributed by atoms with Crippen molar-refractivity contribution in [2.24, 2.45) is 5.92 Å². The maximum Gasteiger partial charge on any atom is 0.231 e. The summed E-state index contributed by atoms with van der Waals surface area (Å²) in [5.74, 6) is 2.76. The topological polar surface area (TPSA) is 74.8 Å². The molecule has 2 aliphatic heterocycles. The lowest BCUT2D eigenvalue weighted by molar-refractivity contribution is -0.919. The molecule has 8 nitrogen and oxygen atoms in total. The van der Waals surface area contributed by atoms with Crippen molar-refractivity contribution in [3.05, 3.63) is 90.4 Å². The molecule has 0 bridgehead atoms. The first-order chi connectivity index (χ1) is 17.7. The second kappa shape index (κ2) is 9.91. The van der Waals surface area contributed by atoms with Gasteiger partial charge in [-0.3, -0.25) is 4.79 Å². The number of aromatic nitrogens is 3. The normalized spacial score (nSPS) is 18.8. The first-order valence-electron chi connectivity index (χ1n) is 12.5. The number of quaternary nitrogens is 1. The first kappa shape index (κ1) is 22.4. The molecule has 184 valence electrons. The van der Waals surface area contributed by atoms with E-state index in [1.165, 1.54) is 10.5 Å². The number of benzene rings is 2. The van der Waals surface area contributed by atoms with E-state index in [4.69, 9.17) is 14.6 Å². The van der Waals surface area contributed by atoms with E-state index < -0.39 is 0 Å². The molecule has 1 saturated heterocycles. The maximum atomic E-state index is 12.8. The zero-order valence-electron chi connectivity index (χ0n) is 20.1. The highest BCUT2D eigenvalue weighted by molar-refractivity contribution is 5.78. The number of carbonyl (C=O) groups excluding carboxylic acids is 1. The molecule has 0 radical (unpaired) electrons. The lowest BCUT2D eigenvalue weighted by Gasteiger charge is -2.28. The first-order valence-corrected chi connectivity index (χ1v) is 12.5. The van der Waals surface area contributed by atoms with Gasteiger partial charge in [0, 0.05) is 37.7 Å². The number of para-hydroxylation sites is 1. The van der Waals surface area contributed by atoms with Crippen LogP contribution in [0.3, 0.4) is 0 Å². The van der Waals surface area contributed by atoms with Crippen LogP contribution in [0.4, 0.5) is 0 Å². The molecule has 4 aromatic rings. The van der Waals surface area contributed by atoms with Crippen molar-refractivity contribution < 1.29 is 19.2 Å². The molecule has 0 saturated carbocycles. The van der Waals surface area contributed by atoms with Crippen LogP contribution < -0.4 is 19.7 Å². The number of nitrogens with zero attached hydrogens (tertiary/aromatic N) is 3. The fourth-order valence-corrected chi connectivity index (χ4v) is 5.13. The summed E-state index contributed by atoms with van der Waals surface area (Å²) < 4.78 is 14.9. The summed E-state index contributed by atoms with van der Waals surface area (Å²) >= 11 is 0. The van der Waals surface area contributed by atoms with Crippen LogP contribution >= 0.6 is 0 Å². The molecule has 0 aliphatic carbocycles. The maximum absolute atomic E-state index is 12.8. The minimum atomic E-state index is 0.0544. The zero-order chi connectivity index (χ0) is 24.3. The van der Waals surface area contributed by atoms with E-state index in [-0.39, 0.29) is 18.6 Å². The summed E-state index contributed by atoms with van der Waals surface area (Å²) in [5.41, 5.74) is 3.26. The third-order valence-corrected chi connectivity index (χ3v) is 7.07. The highest BCUT2D eigenvalue weighted by atomic mass is 16.7. The number of hydrogen-bond acceptors (Lipinski definition) is 4. The molecule has 1 fully saturated rings. The highest BCUT2D eigenvalue weighted by Gasteiger charge is 2.29. The summed E-state index contributed by atoms with van der Waals surface area (Å²) in [6.45, 7) is 3.56. The third-order valence-electron chi connectivity index (χ3n) is 7.07. The minimum Gasteiger partial charge on any atom is -0.454 e. The molecule has 0 unspecified atom stereocenters. The largest absolute Gasteiger partial charge is 0.454 e. The molecule has 2 N–H and O–H groups in total. The van der Waals surface area contributed by atoms with E-state index in [1.807, 2.05) is 59.4 Å². The van der Waals surface area contributed by atoms with E-state index in [0.29, 0.717) is 6.54 Å². The predicted molar refractivity (Wildman–Crippen MR) is 134 cm³/mol. The number of hydrogen-bond donors (Lipinski definition) is 2. The molecule has 2 aliphatic rings. The Bertz CT molecular complexity index is 1320. The van der Waals surface area contributed by atoms with E-state index in [0.717, 1.165) is 61.0 Å². The van der Waals surface area contributed by atoms with Crippen LogP contribution in [0.15, 0.2) is 79.3 Å². The predicted octanol–water partition coefficient (Wildman–Crippen LogP) is 2.50. The van der Waals surface area contributed by atoms with Gasteiger partial charge in [-0.2, -0.15) is 5.10 Å². The third kappa shape index (κ3) is 4.59. The average molecular weight is 485 g/mol. The lowest BCUT2D eigenvalue weighted by Crippen LogP contribution is -3.11. The number of amides is 1. The second-order valence-electron chi connectivity index (χ2n) is 9.44. The quantitative estimate of drug-likeness (QED) is 0.423. The number of piperidine rings is 1. The zero-order valence-corrected chi connectivity index (χ0v) is 20.1. The number of rotatable bonds is 7. The molecule has 1 amide bonds. The van der Waals surface area contributed by atoms with Gasteiger partial charge < -0.3 is 24.3 Å².